The average molecular weight is 292 g/mol. The zero-order valence-corrected chi connectivity index (χ0v) is 13.2. The average Bonchev–Trinajstić information content (AvgIpc) is 2.22. The molecule has 1 saturated carbocycles. The summed E-state index contributed by atoms with van der Waals surface area (Å²) in [4.78, 5) is 26.6. The zero-order chi connectivity index (χ0) is 15.8. The number of primary amides is 1. The number of carbonyl (C=O) groups is 1. The van der Waals surface area contributed by atoms with Crippen molar-refractivity contribution in [2.24, 2.45) is 11.1 Å². The van der Waals surface area contributed by atoms with E-state index in [1.165, 1.54) is 6.42 Å². The van der Waals surface area contributed by atoms with E-state index in [-0.39, 0.29) is 5.56 Å². The van der Waals surface area contributed by atoms with Crippen molar-refractivity contribution in [2.75, 3.05) is 0 Å². The molecule has 0 aromatic carbocycles. The maximum Gasteiger partial charge on any atom is 0.405 e. The van der Waals surface area contributed by atoms with Crippen LogP contribution in [0.4, 0.5) is 4.79 Å². The van der Waals surface area contributed by atoms with Crippen molar-refractivity contribution in [1.29, 1.82) is 0 Å². The van der Waals surface area contributed by atoms with E-state index in [4.69, 9.17) is 10.5 Å². The smallest absolute Gasteiger partial charge is 0.405 e. The van der Waals surface area contributed by atoms with Gasteiger partial charge in [-0.3, -0.25) is 4.79 Å². The highest BCUT2D eigenvalue weighted by molar-refractivity contribution is 5.65. The fraction of sp³-hybridized carbons (Fsp3) is 0.625. The molecular formula is C16H24N2O3. The largest absolute Gasteiger partial charge is 0.441 e. The lowest BCUT2D eigenvalue weighted by Gasteiger charge is -2.31. The normalized spacial score (nSPS) is 17.1. The standard InChI is InChI=1S/C16H24N2O3/c1-9-8-11(10-6-5-7-10)18-14(19)12(9)13(16(2,3)4)21-15(17)20/h8,10,13H,5-7H2,1-4H3,(H2,17,20)(H,18,19). The van der Waals surface area contributed by atoms with Crippen LogP contribution >= 0.6 is 0 Å². The summed E-state index contributed by atoms with van der Waals surface area (Å²) in [6.45, 7) is 7.63. The summed E-state index contributed by atoms with van der Waals surface area (Å²) in [5.74, 6) is 0.454. The van der Waals surface area contributed by atoms with E-state index in [1.54, 1.807) is 0 Å². The Morgan fingerprint density at radius 2 is 2.05 bits per heavy atom. The zero-order valence-electron chi connectivity index (χ0n) is 13.2. The van der Waals surface area contributed by atoms with Crippen LogP contribution in [0.15, 0.2) is 10.9 Å². The second-order valence-corrected chi connectivity index (χ2v) is 6.96. The summed E-state index contributed by atoms with van der Waals surface area (Å²) in [6.07, 6.45) is 1.93. The second-order valence-electron chi connectivity index (χ2n) is 6.96. The van der Waals surface area contributed by atoms with Gasteiger partial charge in [-0.25, -0.2) is 4.79 Å². The highest BCUT2D eigenvalue weighted by Gasteiger charge is 2.33. The van der Waals surface area contributed by atoms with Crippen LogP contribution in [-0.4, -0.2) is 11.1 Å². The number of amides is 1. The van der Waals surface area contributed by atoms with Gasteiger partial charge in [0.05, 0.1) is 5.56 Å². The molecule has 1 aliphatic carbocycles. The number of hydrogen-bond acceptors (Lipinski definition) is 3. The van der Waals surface area contributed by atoms with Crippen molar-refractivity contribution in [2.45, 2.75) is 59.0 Å². The van der Waals surface area contributed by atoms with Gasteiger partial charge in [0.2, 0.25) is 0 Å². The van der Waals surface area contributed by atoms with Gasteiger partial charge in [-0.2, -0.15) is 0 Å². The number of nitrogens with one attached hydrogen (secondary N) is 1. The SMILES string of the molecule is Cc1cc(C2CCC2)[nH]c(=O)c1C(OC(N)=O)C(C)(C)C. The van der Waals surface area contributed by atoms with Crippen LogP contribution in [0, 0.1) is 12.3 Å². The first-order valence-electron chi connectivity index (χ1n) is 7.40. The first-order valence-corrected chi connectivity index (χ1v) is 7.40. The van der Waals surface area contributed by atoms with Crippen LogP contribution in [0.25, 0.3) is 0 Å². The lowest BCUT2D eigenvalue weighted by atomic mass is 9.80. The molecule has 1 amide bonds. The van der Waals surface area contributed by atoms with Crippen LogP contribution < -0.4 is 11.3 Å². The van der Waals surface area contributed by atoms with E-state index < -0.39 is 17.6 Å². The van der Waals surface area contributed by atoms with Gasteiger partial charge in [-0.1, -0.05) is 27.2 Å². The number of aromatic nitrogens is 1. The number of hydrogen-bond donors (Lipinski definition) is 2. The van der Waals surface area contributed by atoms with E-state index in [9.17, 15) is 9.59 Å². The van der Waals surface area contributed by atoms with E-state index in [0.717, 1.165) is 24.1 Å². The lowest BCUT2D eigenvalue weighted by Crippen LogP contribution is -2.33. The first kappa shape index (κ1) is 15.6. The number of aromatic amines is 1. The van der Waals surface area contributed by atoms with Crippen LogP contribution in [0.3, 0.4) is 0 Å². The second kappa shape index (κ2) is 5.54. The molecule has 1 aliphatic rings. The third-order valence-electron chi connectivity index (χ3n) is 4.13. The molecule has 21 heavy (non-hydrogen) atoms. The summed E-state index contributed by atoms with van der Waals surface area (Å²) in [5, 5.41) is 0. The van der Waals surface area contributed by atoms with Gasteiger partial charge in [0, 0.05) is 11.1 Å². The van der Waals surface area contributed by atoms with Crippen LogP contribution in [-0.2, 0) is 4.74 Å². The number of carbonyl (C=O) groups excluding carboxylic acids is 1. The van der Waals surface area contributed by atoms with Gasteiger partial charge in [0.1, 0.15) is 6.10 Å². The van der Waals surface area contributed by atoms with Crippen molar-refractivity contribution in [3.63, 3.8) is 0 Å². The van der Waals surface area contributed by atoms with Gasteiger partial charge in [-0.05, 0) is 37.3 Å². The minimum Gasteiger partial charge on any atom is -0.441 e. The van der Waals surface area contributed by atoms with E-state index in [0.29, 0.717) is 11.5 Å². The molecule has 116 valence electrons. The van der Waals surface area contributed by atoms with Gasteiger partial charge in [0.25, 0.3) is 5.56 Å². The highest BCUT2D eigenvalue weighted by atomic mass is 16.6. The minimum atomic E-state index is -0.864. The van der Waals surface area contributed by atoms with Crippen LogP contribution in [0.1, 0.15) is 68.9 Å². The maximum absolute atomic E-state index is 12.5. The molecular weight excluding hydrogens is 268 g/mol. The molecule has 1 aromatic heterocycles. The molecule has 1 unspecified atom stereocenters. The third kappa shape index (κ3) is 3.28. The molecule has 1 aromatic rings. The van der Waals surface area contributed by atoms with Gasteiger partial charge < -0.3 is 15.5 Å². The first-order chi connectivity index (χ1) is 9.70. The Labute approximate surface area is 124 Å². The van der Waals surface area contributed by atoms with E-state index in [2.05, 4.69) is 4.98 Å². The summed E-state index contributed by atoms with van der Waals surface area (Å²) >= 11 is 0. The quantitative estimate of drug-likeness (QED) is 0.897. The molecule has 1 heterocycles. The molecule has 1 atom stereocenters. The van der Waals surface area contributed by atoms with Crippen molar-refractivity contribution in [3.8, 4) is 0 Å². The van der Waals surface area contributed by atoms with E-state index >= 15 is 0 Å². The Morgan fingerprint density at radius 3 is 2.43 bits per heavy atom. The number of pyridine rings is 1. The molecule has 5 heteroatoms. The fourth-order valence-electron chi connectivity index (χ4n) is 2.77. The van der Waals surface area contributed by atoms with Crippen LogP contribution in [0.5, 0.6) is 0 Å². The minimum absolute atomic E-state index is 0.182. The predicted molar refractivity (Wildman–Crippen MR) is 81.3 cm³/mol. The summed E-state index contributed by atoms with van der Waals surface area (Å²) in [6, 6.07) is 2.00. The Morgan fingerprint density at radius 1 is 1.43 bits per heavy atom. The number of aryl methyl sites for hydroxylation is 1. The Balaban J connectivity index is 2.45. The fourth-order valence-corrected chi connectivity index (χ4v) is 2.77. The van der Waals surface area contributed by atoms with Crippen molar-refractivity contribution in [1.82, 2.24) is 4.98 Å². The monoisotopic (exact) mass is 292 g/mol. The molecule has 3 N–H and O–H groups in total. The van der Waals surface area contributed by atoms with Gasteiger partial charge in [-0.15, -0.1) is 0 Å². The number of nitrogens with two attached hydrogens (primary N) is 1. The summed E-state index contributed by atoms with van der Waals surface area (Å²) < 4.78 is 5.22. The molecule has 2 rings (SSSR count). The van der Waals surface area contributed by atoms with Crippen molar-refractivity contribution < 1.29 is 9.53 Å². The van der Waals surface area contributed by atoms with Gasteiger partial charge in [0.15, 0.2) is 0 Å². The van der Waals surface area contributed by atoms with Crippen LogP contribution in [0.2, 0.25) is 0 Å². The number of ether oxygens (including phenoxy) is 1. The topological polar surface area (TPSA) is 85.2 Å². The molecule has 0 bridgehead atoms. The molecule has 0 aliphatic heterocycles. The lowest BCUT2D eigenvalue weighted by molar-refractivity contribution is 0.0346. The van der Waals surface area contributed by atoms with Crippen molar-refractivity contribution >= 4 is 6.09 Å². The number of rotatable bonds is 3. The van der Waals surface area contributed by atoms with Gasteiger partial charge >= 0.3 is 6.09 Å². The summed E-state index contributed by atoms with van der Waals surface area (Å²) in [7, 11) is 0. The molecule has 5 nitrogen and oxygen atoms in total. The summed E-state index contributed by atoms with van der Waals surface area (Å²) in [5.41, 5.74) is 6.89. The molecule has 0 spiro atoms. The van der Waals surface area contributed by atoms with Crippen molar-refractivity contribution in [3.05, 3.63) is 33.2 Å². The van der Waals surface area contributed by atoms with E-state index in [1.807, 2.05) is 33.8 Å². The molecule has 1 fully saturated rings. The third-order valence-corrected chi connectivity index (χ3v) is 4.13. The Bertz CT molecular complexity index is 595. The molecule has 0 saturated heterocycles. The predicted octanol–water partition coefficient (Wildman–Crippen LogP) is 3.13. The number of H-pyrrole nitrogens is 1. The Hall–Kier alpha value is -1.78. The Kier molecular flexibility index (Phi) is 4.12. The highest BCUT2D eigenvalue weighted by Crippen LogP contribution is 2.38. The molecule has 0 radical (unpaired) electrons. The maximum atomic E-state index is 12.5.